The van der Waals surface area contributed by atoms with Crippen molar-refractivity contribution < 1.29 is 23.9 Å². The molecule has 0 unspecified atom stereocenters. The Morgan fingerprint density at radius 1 is 1.03 bits per heavy atom. The maximum Gasteiger partial charge on any atom is 0.341 e. The van der Waals surface area contributed by atoms with E-state index in [1.54, 1.807) is 19.2 Å². The van der Waals surface area contributed by atoms with Crippen LogP contribution >= 0.6 is 34.4 Å². The Labute approximate surface area is 198 Å². The van der Waals surface area contributed by atoms with Gasteiger partial charge in [0, 0.05) is 16.3 Å². The van der Waals surface area contributed by atoms with E-state index in [9.17, 15) is 14.4 Å². The molecule has 0 radical (unpaired) electrons. The van der Waals surface area contributed by atoms with Gasteiger partial charge < -0.3 is 14.8 Å². The highest BCUT2D eigenvalue weighted by Crippen LogP contribution is 2.36. The molecule has 0 fully saturated rings. The summed E-state index contributed by atoms with van der Waals surface area (Å²) in [7, 11) is 0. The first-order valence-corrected chi connectivity index (χ1v) is 12.6. The van der Waals surface area contributed by atoms with Crippen LogP contribution in [0.5, 0.6) is 0 Å². The number of esters is 2. The first-order valence-electron chi connectivity index (χ1n) is 9.88. The summed E-state index contributed by atoms with van der Waals surface area (Å²) in [5.41, 5.74) is 2.57. The largest absolute Gasteiger partial charge is 0.466 e. The van der Waals surface area contributed by atoms with Crippen LogP contribution in [0.4, 0.5) is 5.00 Å². The minimum Gasteiger partial charge on any atom is -0.466 e. The molecule has 0 aliphatic heterocycles. The minimum absolute atomic E-state index is 0.109. The molecule has 0 aliphatic rings. The molecular formula is C22H22N2O5S3. The smallest absolute Gasteiger partial charge is 0.341 e. The predicted molar refractivity (Wildman–Crippen MR) is 128 cm³/mol. The molecule has 32 heavy (non-hydrogen) atoms. The van der Waals surface area contributed by atoms with E-state index in [2.05, 4.69) is 10.3 Å². The molecule has 1 amide bonds. The number of aromatic nitrogens is 1. The molecule has 1 N–H and O–H groups in total. The number of amides is 1. The Morgan fingerprint density at radius 3 is 2.50 bits per heavy atom. The van der Waals surface area contributed by atoms with E-state index < -0.39 is 5.97 Å². The van der Waals surface area contributed by atoms with E-state index in [0.717, 1.165) is 11.1 Å². The molecule has 3 aromatic rings. The molecule has 0 spiro atoms. The summed E-state index contributed by atoms with van der Waals surface area (Å²) in [5, 5.41) is 6.90. The Kier molecular flexibility index (Phi) is 8.83. The van der Waals surface area contributed by atoms with Crippen LogP contribution in [0, 0.1) is 0 Å². The SMILES string of the molecule is CCOC(=O)Cc1csc(SCC(=O)Nc2scc(-c3ccccc3)c2C(=O)OCC)n1. The van der Waals surface area contributed by atoms with Crippen molar-refractivity contribution in [1.29, 1.82) is 0 Å². The average Bonchev–Trinajstić information content (AvgIpc) is 3.40. The third-order valence-electron chi connectivity index (χ3n) is 4.10. The van der Waals surface area contributed by atoms with Crippen LogP contribution in [0.25, 0.3) is 11.1 Å². The number of benzene rings is 1. The molecule has 1 aromatic carbocycles. The number of ether oxygens (including phenoxy) is 2. The zero-order valence-electron chi connectivity index (χ0n) is 17.6. The van der Waals surface area contributed by atoms with Crippen molar-refractivity contribution in [3.63, 3.8) is 0 Å². The molecule has 2 aromatic heterocycles. The van der Waals surface area contributed by atoms with Crippen LogP contribution in [0.15, 0.2) is 45.4 Å². The van der Waals surface area contributed by atoms with Gasteiger partial charge in [-0.05, 0) is 19.4 Å². The van der Waals surface area contributed by atoms with Gasteiger partial charge in [-0.15, -0.1) is 22.7 Å². The van der Waals surface area contributed by atoms with E-state index in [1.807, 2.05) is 35.7 Å². The van der Waals surface area contributed by atoms with Gasteiger partial charge >= 0.3 is 11.9 Å². The van der Waals surface area contributed by atoms with Crippen molar-refractivity contribution in [3.05, 3.63) is 52.3 Å². The normalized spacial score (nSPS) is 10.6. The van der Waals surface area contributed by atoms with Crippen LogP contribution in [-0.4, -0.2) is 41.8 Å². The number of thioether (sulfide) groups is 1. The first kappa shape index (κ1) is 24.0. The summed E-state index contributed by atoms with van der Waals surface area (Å²) in [5.74, 6) is -0.943. The highest BCUT2D eigenvalue weighted by Gasteiger charge is 2.23. The maximum absolute atomic E-state index is 12.6. The van der Waals surface area contributed by atoms with Gasteiger partial charge in [-0.2, -0.15) is 0 Å². The standard InChI is InChI=1S/C22H22N2O5S3/c1-3-28-18(26)10-15-11-31-22(23-15)32-13-17(25)24-20-19(21(27)29-4-2)16(12-30-20)14-8-6-5-7-9-14/h5-9,11-12H,3-4,10,13H2,1-2H3,(H,24,25). The molecule has 0 saturated heterocycles. The average molecular weight is 491 g/mol. The lowest BCUT2D eigenvalue weighted by atomic mass is 10.0. The quantitative estimate of drug-likeness (QED) is 0.319. The zero-order valence-corrected chi connectivity index (χ0v) is 20.0. The number of carbonyl (C=O) groups is 3. The number of hydrogen-bond acceptors (Lipinski definition) is 9. The molecule has 2 heterocycles. The lowest BCUT2D eigenvalue weighted by molar-refractivity contribution is -0.142. The minimum atomic E-state index is -0.473. The van der Waals surface area contributed by atoms with E-state index in [-0.39, 0.29) is 30.7 Å². The predicted octanol–water partition coefficient (Wildman–Crippen LogP) is 4.88. The lowest BCUT2D eigenvalue weighted by Crippen LogP contribution is -2.16. The molecule has 7 nitrogen and oxygen atoms in total. The lowest BCUT2D eigenvalue weighted by Gasteiger charge is -2.08. The van der Waals surface area contributed by atoms with Gasteiger partial charge in [0.1, 0.15) is 10.6 Å². The number of hydrogen-bond donors (Lipinski definition) is 1. The van der Waals surface area contributed by atoms with Gasteiger partial charge in [-0.3, -0.25) is 9.59 Å². The van der Waals surface area contributed by atoms with Gasteiger partial charge in [-0.25, -0.2) is 9.78 Å². The number of thiophene rings is 1. The molecule has 0 aliphatic carbocycles. The third-order valence-corrected chi connectivity index (χ3v) is 7.06. The summed E-state index contributed by atoms with van der Waals surface area (Å²) in [6.07, 6.45) is 0.109. The van der Waals surface area contributed by atoms with Gasteiger partial charge in [0.2, 0.25) is 5.91 Å². The first-order chi connectivity index (χ1) is 15.5. The van der Waals surface area contributed by atoms with Crippen molar-refractivity contribution >= 4 is 57.3 Å². The Bertz CT molecular complexity index is 1080. The molecule has 0 saturated carbocycles. The number of rotatable bonds is 10. The summed E-state index contributed by atoms with van der Waals surface area (Å²) < 4.78 is 10.8. The fraction of sp³-hybridized carbons (Fsp3) is 0.273. The zero-order chi connectivity index (χ0) is 22.9. The van der Waals surface area contributed by atoms with E-state index in [0.29, 0.717) is 27.2 Å². The molecular weight excluding hydrogens is 468 g/mol. The number of carbonyl (C=O) groups excluding carboxylic acids is 3. The molecule has 0 atom stereocenters. The topological polar surface area (TPSA) is 94.6 Å². The summed E-state index contributed by atoms with van der Waals surface area (Å²) in [4.78, 5) is 41.1. The van der Waals surface area contributed by atoms with Crippen LogP contribution in [0.2, 0.25) is 0 Å². The fourth-order valence-corrected chi connectivity index (χ4v) is 5.39. The van der Waals surface area contributed by atoms with Crippen molar-refractivity contribution in [3.8, 4) is 11.1 Å². The summed E-state index contributed by atoms with van der Waals surface area (Å²) >= 11 is 3.92. The van der Waals surface area contributed by atoms with Crippen molar-refractivity contribution in [2.24, 2.45) is 0 Å². The van der Waals surface area contributed by atoms with Crippen molar-refractivity contribution in [1.82, 2.24) is 4.98 Å². The van der Waals surface area contributed by atoms with E-state index in [1.165, 1.54) is 34.4 Å². The highest BCUT2D eigenvalue weighted by atomic mass is 32.2. The van der Waals surface area contributed by atoms with Gasteiger partial charge in [-0.1, -0.05) is 42.1 Å². The van der Waals surface area contributed by atoms with Crippen LogP contribution in [0.1, 0.15) is 29.9 Å². The Balaban J connectivity index is 1.66. The van der Waals surface area contributed by atoms with Crippen LogP contribution in [-0.2, 0) is 25.5 Å². The Hall–Kier alpha value is -2.69. The second-order valence-corrected chi connectivity index (χ2v) is 9.32. The Morgan fingerprint density at radius 2 is 1.78 bits per heavy atom. The van der Waals surface area contributed by atoms with E-state index in [4.69, 9.17) is 9.47 Å². The highest BCUT2D eigenvalue weighted by molar-refractivity contribution is 8.01. The monoisotopic (exact) mass is 490 g/mol. The maximum atomic E-state index is 12.6. The molecule has 3 rings (SSSR count). The number of thiazole rings is 1. The second kappa shape index (κ2) is 11.8. The number of anilines is 1. The molecule has 10 heteroatoms. The molecule has 0 bridgehead atoms. The molecule has 168 valence electrons. The van der Waals surface area contributed by atoms with E-state index >= 15 is 0 Å². The summed E-state index contributed by atoms with van der Waals surface area (Å²) in [6, 6.07) is 9.49. The van der Waals surface area contributed by atoms with Crippen LogP contribution in [0.3, 0.4) is 0 Å². The van der Waals surface area contributed by atoms with Gasteiger partial charge in [0.15, 0.2) is 4.34 Å². The van der Waals surface area contributed by atoms with Crippen LogP contribution < -0.4 is 5.32 Å². The third kappa shape index (κ3) is 6.41. The van der Waals surface area contributed by atoms with Crippen molar-refractivity contribution in [2.45, 2.75) is 24.6 Å². The number of nitrogens with zero attached hydrogens (tertiary/aromatic N) is 1. The van der Waals surface area contributed by atoms with Gasteiger partial charge in [0.25, 0.3) is 0 Å². The second-order valence-electron chi connectivity index (χ2n) is 6.36. The van der Waals surface area contributed by atoms with Gasteiger partial charge in [0.05, 0.1) is 31.1 Å². The summed E-state index contributed by atoms with van der Waals surface area (Å²) in [6.45, 7) is 4.06. The number of nitrogens with one attached hydrogen (secondary N) is 1. The fourth-order valence-electron chi connectivity index (χ4n) is 2.77. The van der Waals surface area contributed by atoms with Crippen molar-refractivity contribution in [2.75, 3.05) is 24.3 Å².